The lowest BCUT2D eigenvalue weighted by atomic mass is 10.4. The van der Waals surface area contributed by atoms with E-state index in [9.17, 15) is 8.42 Å². The molecular weight excluding hydrogens is 332 g/mol. The first-order chi connectivity index (χ1) is 8.81. The van der Waals surface area contributed by atoms with E-state index in [-0.39, 0.29) is 10.8 Å². The second-order valence-corrected chi connectivity index (χ2v) is 6.71. The summed E-state index contributed by atoms with van der Waals surface area (Å²) in [6, 6.07) is 6.31. The standard InChI is InChI=1S/C12H17BrN2O3S/c1-10(18-9-8-15(2)3)14-19(16,17)12-6-4-11(13)5-7-12/h4-7H,8-9H2,1-3H3. The normalized spacial score (nSPS) is 12.8. The van der Waals surface area contributed by atoms with Gasteiger partial charge in [-0.05, 0) is 38.4 Å². The van der Waals surface area contributed by atoms with Crippen molar-refractivity contribution in [3.05, 3.63) is 28.7 Å². The molecule has 1 rings (SSSR count). The minimum atomic E-state index is -3.70. The number of nitrogens with zero attached hydrogens (tertiary/aromatic N) is 2. The third kappa shape index (κ3) is 5.71. The van der Waals surface area contributed by atoms with Crippen molar-refractivity contribution in [1.82, 2.24) is 4.90 Å². The fourth-order valence-electron chi connectivity index (χ4n) is 1.23. The van der Waals surface area contributed by atoms with Crippen LogP contribution in [0.25, 0.3) is 0 Å². The molecule has 0 saturated carbocycles. The lowest BCUT2D eigenvalue weighted by Gasteiger charge is -2.10. The van der Waals surface area contributed by atoms with Gasteiger partial charge in [0.05, 0.1) is 4.90 Å². The minimum absolute atomic E-state index is 0.143. The molecule has 0 aliphatic heterocycles. The highest BCUT2D eigenvalue weighted by Gasteiger charge is 2.13. The molecule has 0 atom stereocenters. The van der Waals surface area contributed by atoms with E-state index in [1.54, 1.807) is 12.1 Å². The summed E-state index contributed by atoms with van der Waals surface area (Å²) in [5.41, 5.74) is 0. The van der Waals surface area contributed by atoms with Gasteiger partial charge in [0.1, 0.15) is 6.61 Å². The highest BCUT2D eigenvalue weighted by molar-refractivity contribution is 9.10. The van der Waals surface area contributed by atoms with E-state index in [0.717, 1.165) is 4.47 Å². The van der Waals surface area contributed by atoms with Crippen LogP contribution >= 0.6 is 15.9 Å². The van der Waals surface area contributed by atoms with Crippen molar-refractivity contribution in [3.8, 4) is 0 Å². The first-order valence-electron chi connectivity index (χ1n) is 5.66. The Morgan fingerprint density at radius 3 is 2.42 bits per heavy atom. The van der Waals surface area contributed by atoms with Crippen molar-refractivity contribution in [2.45, 2.75) is 11.8 Å². The largest absolute Gasteiger partial charge is 0.479 e. The van der Waals surface area contributed by atoms with Crippen LogP contribution < -0.4 is 0 Å². The van der Waals surface area contributed by atoms with Crippen LogP contribution in [0.4, 0.5) is 0 Å². The Morgan fingerprint density at radius 1 is 1.32 bits per heavy atom. The highest BCUT2D eigenvalue weighted by atomic mass is 79.9. The molecule has 0 aromatic heterocycles. The number of rotatable bonds is 5. The van der Waals surface area contributed by atoms with Gasteiger partial charge in [-0.3, -0.25) is 0 Å². The Hall–Kier alpha value is -0.920. The maximum Gasteiger partial charge on any atom is 0.285 e. The fraction of sp³-hybridized carbons (Fsp3) is 0.417. The predicted molar refractivity (Wildman–Crippen MR) is 78.9 cm³/mol. The molecule has 0 aliphatic carbocycles. The van der Waals surface area contributed by atoms with Gasteiger partial charge in [0.2, 0.25) is 0 Å². The van der Waals surface area contributed by atoms with E-state index >= 15 is 0 Å². The number of hydrogen-bond donors (Lipinski definition) is 0. The molecule has 0 saturated heterocycles. The molecule has 5 nitrogen and oxygen atoms in total. The second kappa shape index (κ2) is 7.02. The Bertz CT molecular complexity index is 539. The zero-order valence-corrected chi connectivity index (χ0v) is 13.5. The summed E-state index contributed by atoms with van der Waals surface area (Å²) in [4.78, 5) is 2.09. The van der Waals surface area contributed by atoms with Gasteiger partial charge in [-0.2, -0.15) is 8.42 Å². The van der Waals surface area contributed by atoms with Crippen LogP contribution in [0.2, 0.25) is 0 Å². The summed E-state index contributed by atoms with van der Waals surface area (Å²) in [6.07, 6.45) is 0. The molecule has 1 aromatic carbocycles. The van der Waals surface area contributed by atoms with E-state index in [1.807, 2.05) is 19.0 Å². The number of sulfonamides is 1. The van der Waals surface area contributed by atoms with Crippen LogP contribution in [0.5, 0.6) is 0 Å². The van der Waals surface area contributed by atoms with Gasteiger partial charge in [0.15, 0.2) is 5.90 Å². The third-order valence-corrected chi connectivity index (χ3v) is 4.10. The maximum absolute atomic E-state index is 12.0. The topological polar surface area (TPSA) is 59.0 Å². The molecule has 0 radical (unpaired) electrons. The predicted octanol–water partition coefficient (Wildman–Crippen LogP) is 2.13. The Balaban J connectivity index is 2.75. The van der Waals surface area contributed by atoms with Crippen molar-refractivity contribution in [3.63, 3.8) is 0 Å². The minimum Gasteiger partial charge on any atom is -0.479 e. The quantitative estimate of drug-likeness (QED) is 0.604. The Labute approximate surface area is 122 Å². The van der Waals surface area contributed by atoms with E-state index in [1.165, 1.54) is 19.1 Å². The number of ether oxygens (including phenoxy) is 1. The lowest BCUT2D eigenvalue weighted by molar-refractivity contribution is 0.250. The van der Waals surface area contributed by atoms with Crippen LogP contribution in [0.15, 0.2) is 38.0 Å². The highest BCUT2D eigenvalue weighted by Crippen LogP contribution is 2.16. The summed E-state index contributed by atoms with van der Waals surface area (Å²) in [7, 11) is 0.124. The third-order valence-electron chi connectivity index (χ3n) is 2.21. The maximum atomic E-state index is 12.0. The van der Waals surface area contributed by atoms with Crippen LogP contribution in [-0.4, -0.2) is 46.5 Å². The van der Waals surface area contributed by atoms with Crippen LogP contribution in [0, 0.1) is 0 Å². The monoisotopic (exact) mass is 348 g/mol. The summed E-state index contributed by atoms with van der Waals surface area (Å²) in [5, 5.41) is 0. The molecule has 106 valence electrons. The second-order valence-electron chi connectivity index (χ2n) is 4.19. The average Bonchev–Trinajstić information content (AvgIpc) is 2.28. The van der Waals surface area contributed by atoms with Gasteiger partial charge >= 0.3 is 0 Å². The van der Waals surface area contributed by atoms with Crippen molar-refractivity contribution in [1.29, 1.82) is 0 Å². The van der Waals surface area contributed by atoms with E-state index < -0.39 is 10.0 Å². The summed E-state index contributed by atoms with van der Waals surface area (Å²) < 4.78 is 33.6. The molecule has 0 N–H and O–H groups in total. The summed E-state index contributed by atoms with van der Waals surface area (Å²) >= 11 is 3.25. The Morgan fingerprint density at radius 2 is 1.89 bits per heavy atom. The number of hydrogen-bond acceptors (Lipinski definition) is 4. The summed E-state index contributed by atoms with van der Waals surface area (Å²) in [6.45, 7) is 2.63. The molecule has 7 heteroatoms. The number of halogens is 1. The van der Waals surface area contributed by atoms with Gasteiger partial charge in [-0.15, -0.1) is 4.40 Å². The number of benzene rings is 1. The molecule has 0 spiro atoms. The van der Waals surface area contributed by atoms with Crippen LogP contribution in [0.1, 0.15) is 6.92 Å². The van der Waals surface area contributed by atoms with E-state index in [4.69, 9.17) is 4.74 Å². The molecular formula is C12H17BrN2O3S. The lowest BCUT2D eigenvalue weighted by Crippen LogP contribution is -2.19. The fourth-order valence-corrected chi connectivity index (χ4v) is 2.47. The molecule has 0 heterocycles. The van der Waals surface area contributed by atoms with Gasteiger partial charge in [-0.1, -0.05) is 15.9 Å². The van der Waals surface area contributed by atoms with E-state index in [0.29, 0.717) is 13.2 Å². The first kappa shape index (κ1) is 16.1. The van der Waals surface area contributed by atoms with Gasteiger partial charge in [0.25, 0.3) is 10.0 Å². The van der Waals surface area contributed by atoms with E-state index in [2.05, 4.69) is 20.3 Å². The molecule has 0 aliphatic rings. The molecule has 0 amide bonds. The van der Waals surface area contributed by atoms with Crippen molar-refractivity contribution in [2.24, 2.45) is 4.40 Å². The zero-order chi connectivity index (χ0) is 14.5. The van der Waals surface area contributed by atoms with Gasteiger partial charge in [-0.25, -0.2) is 0 Å². The molecule has 1 aromatic rings. The smallest absolute Gasteiger partial charge is 0.285 e. The van der Waals surface area contributed by atoms with Crippen molar-refractivity contribution >= 4 is 31.9 Å². The number of likely N-dealkylation sites (N-methyl/N-ethyl adjacent to an activating group) is 1. The van der Waals surface area contributed by atoms with Crippen molar-refractivity contribution in [2.75, 3.05) is 27.2 Å². The summed E-state index contributed by atoms with van der Waals surface area (Å²) in [5.74, 6) is 0.143. The Kier molecular flexibility index (Phi) is 5.96. The zero-order valence-electron chi connectivity index (χ0n) is 11.1. The molecule has 19 heavy (non-hydrogen) atoms. The van der Waals surface area contributed by atoms with Gasteiger partial charge < -0.3 is 9.64 Å². The van der Waals surface area contributed by atoms with Gasteiger partial charge in [0, 0.05) is 17.9 Å². The molecule has 0 fully saturated rings. The molecule has 0 bridgehead atoms. The molecule has 0 unspecified atom stereocenters. The van der Waals surface area contributed by atoms with Crippen LogP contribution in [-0.2, 0) is 14.8 Å². The average molecular weight is 349 g/mol. The van der Waals surface area contributed by atoms with Crippen LogP contribution in [0.3, 0.4) is 0 Å². The first-order valence-corrected chi connectivity index (χ1v) is 7.89. The SMILES string of the molecule is CC(=NS(=O)(=O)c1ccc(Br)cc1)OCCN(C)C. The van der Waals surface area contributed by atoms with Crippen molar-refractivity contribution < 1.29 is 13.2 Å².